The predicted molar refractivity (Wildman–Crippen MR) is 78.3 cm³/mol. The molecular formula is C16H24N2O2. The van der Waals surface area contributed by atoms with Gasteiger partial charge in [0.2, 0.25) is 5.91 Å². The van der Waals surface area contributed by atoms with Crippen molar-refractivity contribution in [2.45, 2.75) is 39.7 Å². The summed E-state index contributed by atoms with van der Waals surface area (Å²) in [4.78, 5) is 18.5. The van der Waals surface area contributed by atoms with Crippen LogP contribution < -0.4 is 0 Å². The molecule has 0 unspecified atom stereocenters. The summed E-state index contributed by atoms with van der Waals surface area (Å²) in [5, 5.41) is 0. The van der Waals surface area contributed by atoms with Crippen LogP contribution in [0.15, 0.2) is 12.1 Å². The zero-order valence-corrected chi connectivity index (χ0v) is 12.7. The van der Waals surface area contributed by atoms with Crippen LogP contribution in [0.4, 0.5) is 0 Å². The van der Waals surface area contributed by atoms with Crippen LogP contribution in [0.3, 0.4) is 0 Å². The third-order valence-corrected chi connectivity index (χ3v) is 3.69. The van der Waals surface area contributed by atoms with Crippen molar-refractivity contribution in [3.8, 4) is 0 Å². The smallest absolute Gasteiger partial charge is 0.223 e. The third-order valence-electron chi connectivity index (χ3n) is 3.69. The van der Waals surface area contributed by atoms with E-state index < -0.39 is 0 Å². The van der Waals surface area contributed by atoms with Crippen molar-refractivity contribution in [1.29, 1.82) is 0 Å². The largest absolute Gasteiger partial charge is 0.381 e. The fourth-order valence-electron chi connectivity index (χ4n) is 2.71. The second-order valence-corrected chi connectivity index (χ2v) is 5.81. The van der Waals surface area contributed by atoms with E-state index in [0.29, 0.717) is 18.9 Å². The van der Waals surface area contributed by atoms with Crippen molar-refractivity contribution in [3.63, 3.8) is 0 Å². The molecule has 0 aromatic carbocycles. The Hall–Kier alpha value is -1.42. The van der Waals surface area contributed by atoms with Gasteiger partial charge in [-0.05, 0) is 50.3 Å². The van der Waals surface area contributed by atoms with E-state index in [1.54, 1.807) is 4.90 Å². The number of pyridine rings is 1. The Kier molecular flexibility index (Phi) is 5.12. The molecule has 0 spiro atoms. The summed E-state index contributed by atoms with van der Waals surface area (Å²) >= 11 is 0. The van der Waals surface area contributed by atoms with E-state index in [1.165, 1.54) is 5.56 Å². The Morgan fingerprint density at radius 3 is 2.90 bits per heavy atom. The zero-order valence-electron chi connectivity index (χ0n) is 12.7. The average molecular weight is 276 g/mol. The number of aryl methyl sites for hydroxylation is 2. The van der Waals surface area contributed by atoms with Crippen LogP contribution in [0, 0.1) is 19.8 Å². The lowest BCUT2D eigenvalue weighted by molar-refractivity contribution is -0.132. The van der Waals surface area contributed by atoms with E-state index in [2.05, 4.69) is 11.9 Å². The maximum absolute atomic E-state index is 12.2. The minimum Gasteiger partial charge on any atom is -0.381 e. The molecule has 2 heterocycles. The average Bonchev–Trinajstić information content (AvgIpc) is 2.38. The number of hydrogen-bond donors (Lipinski definition) is 0. The summed E-state index contributed by atoms with van der Waals surface area (Å²) in [6.45, 7) is 6.18. The highest BCUT2D eigenvalue weighted by Gasteiger charge is 2.20. The van der Waals surface area contributed by atoms with Gasteiger partial charge in [-0.25, -0.2) is 0 Å². The number of amides is 1. The quantitative estimate of drug-likeness (QED) is 0.848. The highest BCUT2D eigenvalue weighted by atomic mass is 16.5. The fourth-order valence-corrected chi connectivity index (χ4v) is 2.71. The zero-order chi connectivity index (χ0) is 14.5. The van der Waals surface area contributed by atoms with Gasteiger partial charge in [0.15, 0.2) is 0 Å². The second kappa shape index (κ2) is 6.84. The number of carbonyl (C=O) groups excluding carboxylic acids is 1. The Balaban J connectivity index is 1.89. The molecule has 1 amide bonds. The summed E-state index contributed by atoms with van der Waals surface area (Å²) in [6, 6.07) is 4.09. The molecule has 1 fully saturated rings. The molecule has 1 aliphatic rings. The van der Waals surface area contributed by atoms with Gasteiger partial charge in [0.05, 0.1) is 12.2 Å². The number of rotatable bonds is 4. The minimum absolute atomic E-state index is 0.182. The summed E-state index contributed by atoms with van der Waals surface area (Å²) in [5.41, 5.74) is 3.15. The van der Waals surface area contributed by atoms with Crippen molar-refractivity contribution in [2.24, 2.45) is 5.92 Å². The van der Waals surface area contributed by atoms with Crippen molar-refractivity contribution < 1.29 is 9.53 Å². The van der Waals surface area contributed by atoms with Crippen LogP contribution in [0.5, 0.6) is 0 Å². The van der Waals surface area contributed by atoms with Gasteiger partial charge in [-0.1, -0.05) is 0 Å². The van der Waals surface area contributed by atoms with Crippen molar-refractivity contribution >= 4 is 5.91 Å². The van der Waals surface area contributed by atoms with Crippen molar-refractivity contribution in [1.82, 2.24) is 9.88 Å². The number of nitrogens with zero attached hydrogens (tertiary/aromatic N) is 2. The normalized spacial score (nSPS) is 18.9. The lowest BCUT2D eigenvalue weighted by Gasteiger charge is -2.24. The van der Waals surface area contributed by atoms with Gasteiger partial charge in [0.1, 0.15) is 0 Å². The van der Waals surface area contributed by atoms with E-state index in [1.807, 2.05) is 26.1 Å². The molecule has 2 rings (SSSR count). The summed E-state index contributed by atoms with van der Waals surface area (Å²) in [7, 11) is 1.85. The Labute approximate surface area is 121 Å². The second-order valence-electron chi connectivity index (χ2n) is 5.81. The van der Waals surface area contributed by atoms with Gasteiger partial charge in [-0.3, -0.25) is 9.78 Å². The molecule has 0 radical (unpaired) electrons. The number of carbonyl (C=O) groups is 1. The Bertz CT molecular complexity index is 447. The molecule has 1 atom stereocenters. The van der Waals surface area contributed by atoms with Gasteiger partial charge in [-0.2, -0.15) is 0 Å². The van der Waals surface area contributed by atoms with Gasteiger partial charge in [0.25, 0.3) is 0 Å². The van der Waals surface area contributed by atoms with Crippen LogP contribution >= 0.6 is 0 Å². The molecular weight excluding hydrogens is 252 g/mol. The fraction of sp³-hybridized carbons (Fsp3) is 0.625. The van der Waals surface area contributed by atoms with Crippen molar-refractivity contribution in [3.05, 3.63) is 29.1 Å². The molecule has 4 heteroatoms. The van der Waals surface area contributed by atoms with Crippen molar-refractivity contribution in [2.75, 3.05) is 20.3 Å². The maximum atomic E-state index is 12.2. The number of aromatic nitrogens is 1. The first-order chi connectivity index (χ1) is 9.54. The molecule has 110 valence electrons. The molecule has 4 nitrogen and oxygen atoms in total. The van der Waals surface area contributed by atoms with Gasteiger partial charge >= 0.3 is 0 Å². The standard InChI is InChI=1S/C16H24N2O2/c1-12-7-13(2)17-15(8-12)10-18(3)16(19)9-14-5-4-6-20-11-14/h7-8,14H,4-6,9-11H2,1-3H3/t14-/m1/s1. The Morgan fingerprint density at radius 2 is 2.25 bits per heavy atom. The molecule has 1 saturated heterocycles. The van der Waals surface area contributed by atoms with E-state index in [-0.39, 0.29) is 5.91 Å². The molecule has 1 aliphatic heterocycles. The van der Waals surface area contributed by atoms with E-state index in [9.17, 15) is 4.79 Å². The minimum atomic E-state index is 0.182. The first kappa shape index (κ1) is 15.0. The van der Waals surface area contributed by atoms with Gasteiger partial charge in [-0.15, -0.1) is 0 Å². The van der Waals surface area contributed by atoms with Crippen LogP contribution in [0.25, 0.3) is 0 Å². The van der Waals surface area contributed by atoms with Crippen LogP contribution in [-0.2, 0) is 16.1 Å². The highest BCUT2D eigenvalue weighted by molar-refractivity contribution is 5.76. The van der Waals surface area contributed by atoms with E-state index in [0.717, 1.165) is 37.4 Å². The number of ether oxygens (including phenoxy) is 1. The molecule has 0 N–H and O–H groups in total. The molecule has 20 heavy (non-hydrogen) atoms. The summed E-state index contributed by atoms with van der Waals surface area (Å²) < 4.78 is 5.43. The SMILES string of the molecule is Cc1cc(C)nc(CN(C)C(=O)C[C@H]2CCCOC2)c1. The molecule has 1 aromatic heterocycles. The van der Waals surface area contributed by atoms with Gasteiger partial charge < -0.3 is 9.64 Å². The van der Waals surface area contributed by atoms with Crippen LogP contribution in [-0.4, -0.2) is 36.1 Å². The van der Waals surface area contributed by atoms with E-state index >= 15 is 0 Å². The highest BCUT2D eigenvalue weighted by Crippen LogP contribution is 2.18. The molecule has 0 saturated carbocycles. The van der Waals surface area contributed by atoms with Crippen LogP contribution in [0.2, 0.25) is 0 Å². The van der Waals surface area contributed by atoms with E-state index in [4.69, 9.17) is 4.74 Å². The Morgan fingerprint density at radius 1 is 1.45 bits per heavy atom. The topological polar surface area (TPSA) is 42.4 Å². The lowest BCUT2D eigenvalue weighted by atomic mass is 9.98. The lowest BCUT2D eigenvalue weighted by Crippen LogP contribution is -2.30. The first-order valence-corrected chi connectivity index (χ1v) is 7.30. The third kappa shape index (κ3) is 4.30. The number of hydrogen-bond acceptors (Lipinski definition) is 3. The predicted octanol–water partition coefficient (Wildman–Crippen LogP) is 2.47. The molecule has 0 aliphatic carbocycles. The molecule has 0 bridgehead atoms. The summed E-state index contributed by atoms with van der Waals surface area (Å²) in [5.74, 6) is 0.562. The summed E-state index contributed by atoms with van der Waals surface area (Å²) in [6.07, 6.45) is 2.75. The van der Waals surface area contributed by atoms with Crippen LogP contribution in [0.1, 0.15) is 36.2 Å². The first-order valence-electron chi connectivity index (χ1n) is 7.30. The molecule has 1 aromatic rings. The maximum Gasteiger partial charge on any atom is 0.223 e. The van der Waals surface area contributed by atoms with Gasteiger partial charge in [0, 0.05) is 32.4 Å². The monoisotopic (exact) mass is 276 g/mol.